The molecule has 2 saturated heterocycles. The summed E-state index contributed by atoms with van der Waals surface area (Å²) in [6, 6.07) is 4.47. The molecule has 2 fully saturated rings. The van der Waals surface area contributed by atoms with Crippen molar-refractivity contribution in [3.05, 3.63) is 53.9 Å². The molecule has 0 bridgehead atoms. The lowest BCUT2D eigenvalue weighted by molar-refractivity contribution is -0.136. The maximum absolute atomic E-state index is 13.2. The molecule has 4 amide bonds. The smallest absolute Gasteiger partial charge is 0.277 e. The van der Waals surface area contributed by atoms with E-state index in [9.17, 15) is 24.3 Å². The van der Waals surface area contributed by atoms with E-state index in [1.165, 1.54) is 26.8 Å². The molecule has 2 atom stereocenters. The number of aromatic nitrogens is 3. The highest BCUT2D eigenvalue weighted by Gasteiger charge is 2.41. The van der Waals surface area contributed by atoms with Crippen molar-refractivity contribution in [1.29, 1.82) is 0 Å². The number of hydrogen-bond acceptors (Lipinski definition) is 8. The Labute approximate surface area is 200 Å². The van der Waals surface area contributed by atoms with Crippen LogP contribution in [0, 0.1) is 0 Å². The standard InChI is InChI=1S/C23H24N6O6/c1-2-23(12-30)13-35-8-7-28(23)22(34)17-11-29(26-25-17)15-4-3-14-10-27(21(33)16(14)9-15)18-5-6-19(31)24-20(18)32/h2-4,9,11,18,30H,1,5-8,10,12-13H2,(H,24,31,32). The van der Waals surface area contributed by atoms with Crippen molar-refractivity contribution in [2.75, 3.05) is 26.4 Å². The summed E-state index contributed by atoms with van der Waals surface area (Å²) in [6.45, 7) is 4.39. The summed E-state index contributed by atoms with van der Waals surface area (Å²) in [5.41, 5.74) is 0.733. The molecule has 3 aliphatic rings. The van der Waals surface area contributed by atoms with Gasteiger partial charge in [0.15, 0.2) is 5.69 Å². The number of carbonyl (C=O) groups is 4. The van der Waals surface area contributed by atoms with Gasteiger partial charge in [-0.15, -0.1) is 11.7 Å². The first-order chi connectivity index (χ1) is 16.9. The van der Waals surface area contributed by atoms with Crippen LogP contribution in [0.3, 0.4) is 0 Å². The highest BCUT2D eigenvalue weighted by atomic mass is 16.5. The first kappa shape index (κ1) is 22.9. The monoisotopic (exact) mass is 480 g/mol. The van der Waals surface area contributed by atoms with E-state index in [0.29, 0.717) is 17.9 Å². The lowest BCUT2D eigenvalue weighted by Crippen LogP contribution is -2.60. The Morgan fingerprint density at radius 3 is 2.91 bits per heavy atom. The van der Waals surface area contributed by atoms with Crippen LogP contribution < -0.4 is 5.32 Å². The highest BCUT2D eigenvalue weighted by molar-refractivity contribution is 6.05. The average Bonchev–Trinajstić information content (AvgIpc) is 3.49. The van der Waals surface area contributed by atoms with Gasteiger partial charge in [0.2, 0.25) is 11.8 Å². The number of aliphatic hydroxyl groups is 1. The Balaban J connectivity index is 1.37. The predicted molar refractivity (Wildman–Crippen MR) is 119 cm³/mol. The van der Waals surface area contributed by atoms with Gasteiger partial charge in [-0.1, -0.05) is 17.4 Å². The molecule has 1 aromatic carbocycles. The number of hydrogen-bond donors (Lipinski definition) is 2. The van der Waals surface area contributed by atoms with Crippen molar-refractivity contribution in [2.45, 2.75) is 31.0 Å². The van der Waals surface area contributed by atoms with Crippen LogP contribution in [0.5, 0.6) is 0 Å². The van der Waals surface area contributed by atoms with Crippen molar-refractivity contribution in [2.24, 2.45) is 0 Å². The number of amides is 4. The maximum atomic E-state index is 13.2. The average molecular weight is 480 g/mol. The van der Waals surface area contributed by atoms with Gasteiger partial charge < -0.3 is 19.6 Å². The first-order valence-corrected chi connectivity index (χ1v) is 11.2. The summed E-state index contributed by atoms with van der Waals surface area (Å²) < 4.78 is 6.82. The van der Waals surface area contributed by atoms with E-state index in [0.717, 1.165) is 5.56 Å². The number of aliphatic hydroxyl groups excluding tert-OH is 1. The van der Waals surface area contributed by atoms with E-state index < -0.39 is 23.4 Å². The van der Waals surface area contributed by atoms with Crippen molar-refractivity contribution < 1.29 is 29.0 Å². The third-order valence-corrected chi connectivity index (χ3v) is 6.74. The van der Waals surface area contributed by atoms with E-state index in [-0.39, 0.29) is 56.7 Å². The number of carbonyl (C=O) groups excluding carboxylic acids is 4. The molecule has 35 heavy (non-hydrogen) atoms. The van der Waals surface area contributed by atoms with Gasteiger partial charge in [0.1, 0.15) is 11.6 Å². The van der Waals surface area contributed by atoms with Gasteiger partial charge in [-0.25, -0.2) is 4.68 Å². The van der Waals surface area contributed by atoms with Crippen molar-refractivity contribution >= 4 is 23.6 Å². The number of fused-ring (bicyclic) bond motifs is 1. The molecule has 0 aliphatic carbocycles. The van der Waals surface area contributed by atoms with E-state index >= 15 is 0 Å². The van der Waals surface area contributed by atoms with Crippen LogP contribution in [-0.4, -0.2) is 91.5 Å². The Kier molecular flexibility index (Phi) is 5.69. The minimum absolute atomic E-state index is 0.0728. The summed E-state index contributed by atoms with van der Waals surface area (Å²) in [5, 5.41) is 20.2. The van der Waals surface area contributed by atoms with Crippen LogP contribution in [0.15, 0.2) is 37.1 Å². The Morgan fingerprint density at radius 1 is 1.34 bits per heavy atom. The SMILES string of the molecule is C=CC1(CO)COCCN1C(=O)c1cn(-c2ccc3c(c2)C(=O)N(C2CCC(=O)NC2=O)C3)nn1. The number of imide groups is 1. The second-order valence-corrected chi connectivity index (χ2v) is 8.76. The third-order valence-electron chi connectivity index (χ3n) is 6.74. The van der Waals surface area contributed by atoms with E-state index in [1.807, 2.05) is 0 Å². The summed E-state index contributed by atoms with van der Waals surface area (Å²) in [7, 11) is 0. The molecule has 0 radical (unpaired) electrons. The number of nitrogens with one attached hydrogen (secondary N) is 1. The number of ether oxygens (including phenoxy) is 1. The molecular formula is C23H24N6O6. The molecule has 2 N–H and O–H groups in total. The van der Waals surface area contributed by atoms with Crippen molar-refractivity contribution in [1.82, 2.24) is 30.1 Å². The van der Waals surface area contributed by atoms with E-state index in [2.05, 4.69) is 22.2 Å². The van der Waals surface area contributed by atoms with Crippen LogP contribution in [0.2, 0.25) is 0 Å². The Bertz CT molecular complexity index is 1240. The van der Waals surface area contributed by atoms with E-state index in [4.69, 9.17) is 4.74 Å². The van der Waals surface area contributed by atoms with Gasteiger partial charge in [0, 0.05) is 25.1 Å². The Morgan fingerprint density at radius 2 is 2.17 bits per heavy atom. The quantitative estimate of drug-likeness (QED) is 0.427. The van der Waals surface area contributed by atoms with Gasteiger partial charge >= 0.3 is 0 Å². The second kappa shape index (κ2) is 8.71. The predicted octanol–water partition coefficient (Wildman–Crippen LogP) is -0.582. The van der Waals surface area contributed by atoms with Gasteiger partial charge in [-0.2, -0.15) is 0 Å². The number of rotatable bonds is 5. The molecule has 0 saturated carbocycles. The Hall–Kier alpha value is -3.90. The second-order valence-electron chi connectivity index (χ2n) is 8.76. The highest BCUT2D eigenvalue weighted by Crippen LogP contribution is 2.29. The zero-order valence-corrected chi connectivity index (χ0v) is 18.8. The first-order valence-electron chi connectivity index (χ1n) is 11.2. The third kappa shape index (κ3) is 3.80. The fourth-order valence-corrected chi connectivity index (χ4v) is 4.69. The number of nitrogens with zero attached hydrogens (tertiary/aromatic N) is 5. The normalized spacial score (nSPS) is 24.4. The minimum atomic E-state index is -1.04. The molecule has 182 valence electrons. The van der Waals surface area contributed by atoms with Gasteiger partial charge in [0.05, 0.1) is 31.7 Å². The number of morpholine rings is 1. The molecule has 4 heterocycles. The van der Waals surface area contributed by atoms with Crippen LogP contribution in [-0.2, 0) is 20.9 Å². The molecule has 3 aliphatic heterocycles. The molecule has 5 rings (SSSR count). The fourth-order valence-electron chi connectivity index (χ4n) is 4.69. The largest absolute Gasteiger partial charge is 0.393 e. The molecule has 12 nitrogen and oxygen atoms in total. The minimum Gasteiger partial charge on any atom is -0.393 e. The zero-order valence-electron chi connectivity index (χ0n) is 18.8. The summed E-state index contributed by atoms with van der Waals surface area (Å²) in [6.07, 6.45) is 3.43. The van der Waals surface area contributed by atoms with Crippen LogP contribution in [0.25, 0.3) is 5.69 Å². The van der Waals surface area contributed by atoms with Crippen molar-refractivity contribution in [3.8, 4) is 5.69 Å². The number of benzene rings is 1. The molecule has 2 unspecified atom stereocenters. The van der Waals surface area contributed by atoms with Gasteiger partial charge in [-0.3, -0.25) is 24.5 Å². The zero-order chi connectivity index (χ0) is 24.7. The summed E-state index contributed by atoms with van der Waals surface area (Å²) in [5.74, 6) is -1.53. The molecule has 0 spiro atoms. The summed E-state index contributed by atoms with van der Waals surface area (Å²) >= 11 is 0. The van der Waals surface area contributed by atoms with Gasteiger partial charge in [-0.05, 0) is 24.1 Å². The van der Waals surface area contributed by atoms with Crippen LogP contribution >= 0.6 is 0 Å². The summed E-state index contributed by atoms with van der Waals surface area (Å²) in [4.78, 5) is 52.9. The van der Waals surface area contributed by atoms with E-state index in [1.54, 1.807) is 18.2 Å². The molecule has 1 aromatic heterocycles. The maximum Gasteiger partial charge on any atom is 0.277 e. The lowest BCUT2D eigenvalue weighted by atomic mass is 9.97. The van der Waals surface area contributed by atoms with Crippen molar-refractivity contribution in [3.63, 3.8) is 0 Å². The lowest BCUT2D eigenvalue weighted by Gasteiger charge is -2.43. The fraction of sp³-hybridized carbons (Fsp3) is 0.391. The number of piperidine rings is 1. The molecular weight excluding hydrogens is 456 g/mol. The molecule has 2 aromatic rings. The van der Waals surface area contributed by atoms with Crippen LogP contribution in [0.1, 0.15) is 39.3 Å². The van der Waals surface area contributed by atoms with Crippen LogP contribution in [0.4, 0.5) is 0 Å². The van der Waals surface area contributed by atoms with Gasteiger partial charge in [0.25, 0.3) is 11.8 Å². The topological polar surface area (TPSA) is 147 Å². The molecule has 12 heteroatoms.